The van der Waals surface area contributed by atoms with Gasteiger partial charge in [0.15, 0.2) is 0 Å². The number of aromatic hydroxyl groups is 1. The van der Waals surface area contributed by atoms with Gasteiger partial charge in [0.2, 0.25) is 5.91 Å². The molecule has 0 bridgehead atoms. The summed E-state index contributed by atoms with van der Waals surface area (Å²) in [6.45, 7) is 3.50. The molecule has 5 nitrogen and oxygen atoms in total. The van der Waals surface area contributed by atoms with Crippen LogP contribution in [-0.4, -0.2) is 20.8 Å². The molecule has 0 saturated heterocycles. The number of hydrogen-bond acceptors (Lipinski definition) is 3. The molecule has 0 aliphatic heterocycles. The van der Waals surface area contributed by atoms with E-state index in [4.69, 9.17) is 11.6 Å². The molecule has 2 aromatic rings. The van der Waals surface area contributed by atoms with E-state index in [0.29, 0.717) is 16.4 Å². The van der Waals surface area contributed by atoms with Gasteiger partial charge in [-0.05, 0) is 26.0 Å². The number of anilines is 1. The Morgan fingerprint density at radius 2 is 2.26 bits per heavy atom. The standard InChI is InChI=1S/C13H14ClN3O2/c1-8-12(14)7-17(16-8)9(2)13(19)15-10-4-3-5-11(18)6-10/h3-7,9,18H,1-2H3,(H,15,19). The molecular formula is C13H14ClN3O2. The molecule has 1 atom stereocenters. The molecule has 0 radical (unpaired) electrons. The maximum absolute atomic E-state index is 12.0. The van der Waals surface area contributed by atoms with Crippen molar-refractivity contribution in [3.63, 3.8) is 0 Å². The van der Waals surface area contributed by atoms with Crippen molar-refractivity contribution in [3.05, 3.63) is 41.2 Å². The van der Waals surface area contributed by atoms with Crippen LogP contribution >= 0.6 is 11.6 Å². The number of carbonyl (C=O) groups is 1. The summed E-state index contributed by atoms with van der Waals surface area (Å²) in [7, 11) is 0. The largest absolute Gasteiger partial charge is 0.508 e. The van der Waals surface area contributed by atoms with Crippen molar-refractivity contribution in [2.75, 3.05) is 5.32 Å². The van der Waals surface area contributed by atoms with Crippen LogP contribution in [0, 0.1) is 6.92 Å². The van der Waals surface area contributed by atoms with Crippen molar-refractivity contribution in [3.8, 4) is 5.75 Å². The van der Waals surface area contributed by atoms with Gasteiger partial charge < -0.3 is 10.4 Å². The Morgan fingerprint density at radius 3 is 2.84 bits per heavy atom. The first-order valence-corrected chi connectivity index (χ1v) is 6.16. The number of nitrogens with zero attached hydrogens (tertiary/aromatic N) is 2. The van der Waals surface area contributed by atoms with Gasteiger partial charge in [-0.3, -0.25) is 9.48 Å². The van der Waals surface area contributed by atoms with Crippen LogP contribution in [0.3, 0.4) is 0 Å². The van der Waals surface area contributed by atoms with Gasteiger partial charge in [-0.1, -0.05) is 17.7 Å². The van der Waals surface area contributed by atoms with Gasteiger partial charge >= 0.3 is 0 Å². The molecule has 1 unspecified atom stereocenters. The lowest BCUT2D eigenvalue weighted by Crippen LogP contribution is -2.24. The average molecular weight is 280 g/mol. The van der Waals surface area contributed by atoms with Gasteiger partial charge in [-0.25, -0.2) is 0 Å². The summed E-state index contributed by atoms with van der Waals surface area (Å²) in [6, 6.07) is 5.88. The second-order valence-electron chi connectivity index (χ2n) is 4.26. The lowest BCUT2D eigenvalue weighted by molar-refractivity contribution is -0.119. The predicted molar refractivity (Wildman–Crippen MR) is 73.4 cm³/mol. The third-order valence-electron chi connectivity index (χ3n) is 2.75. The van der Waals surface area contributed by atoms with Crippen molar-refractivity contribution in [1.82, 2.24) is 9.78 Å². The topological polar surface area (TPSA) is 67.2 Å². The minimum Gasteiger partial charge on any atom is -0.508 e. The fourth-order valence-corrected chi connectivity index (χ4v) is 1.75. The van der Waals surface area contributed by atoms with Crippen LogP contribution in [0.5, 0.6) is 5.75 Å². The first-order chi connectivity index (χ1) is 8.97. The zero-order valence-electron chi connectivity index (χ0n) is 10.6. The number of aryl methyl sites for hydroxylation is 1. The van der Waals surface area contributed by atoms with Crippen LogP contribution in [0.2, 0.25) is 5.02 Å². The van der Waals surface area contributed by atoms with E-state index in [9.17, 15) is 9.90 Å². The summed E-state index contributed by atoms with van der Waals surface area (Å²) in [5, 5.41) is 16.7. The number of phenols is 1. The fraction of sp³-hybridized carbons (Fsp3) is 0.231. The molecule has 0 spiro atoms. The molecule has 1 aromatic carbocycles. The van der Waals surface area contributed by atoms with E-state index in [-0.39, 0.29) is 11.7 Å². The Balaban J connectivity index is 2.11. The molecule has 2 N–H and O–H groups in total. The van der Waals surface area contributed by atoms with E-state index in [0.717, 1.165) is 0 Å². The lowest BCUT2D eigenvalue weighted by Gasteiger charge is -2.12. The van der Waals surface area contributed by atoms with Crippen LogP contribution in [0.1, 0.15) is 18.7 Å². The molecular weight excluding hydrogens is 266 g/mol. The van der Waals surface area contributed by atoms with E-state index in [2.05, 4.69) is 10.4 Å². The number of aromatic nitrogens is 2. The highest BCUT2D eigenvalue weighted by Crippen LogP contribution is 2.19. The number of carbonyl (C=O) groups excluding carboxylic acids is 1. The number of nitrogens with one attached hydrogen (secondary N) is 1. The van der Waals surface area contributed by atoms with E-state index in [1.807, 2.05) is 0 Å². The monoisotopic (exact) mass is 279 g/mol. The van der Waals surface area contributed by atoms with Crippen LogP contribution in [0.4, 0.5) is 5.69 Å². The van der Waals surface area contributed by atoms with Gasteiger partial charge in [0.05, 0.1) is 10.7 Å². The molecule has 1 amide bonds. The zero-order valence-corrected chi connectivity index (χ0v) is 11.3. The number of rotatable bonds is 3. The Hall–Kier alpha value is -2.01. The molecule has 0 aliphatic rings. The van der Waals surface area contributed by atoms with E-state index in [1.54, 1.807) is 32.2 Å². The summed E-state index contributed by atoms with van der Waals surface area (Å²) in [5.41, 5.74) is 1.21. The Kier molecular flexibility index (Phi) is 3.76. The van der Waals surface area contributed by atoms with Crippen molar-refractivity contribution in [2.45, 2.75) is 19.9 Å². The molecule has 1 aromatic heterocycles. The first kappa shape index (κ1) is 13.4. The zero-order chi connectivity index (χ0) is 14.0. The van der Waals surface area contributed by atoms with Gasteiger partial charge in [0.25, 0.3) is 0 Å². The van der Waals surface area contributed by atoms with Gasteiger partial charge in [-0.2, -0.15) is 5.10 Å². The van der Waals surface area contributed by atoms with Crippen LogP contribution in [0.15, 0.2) is 30.5 Å². The highest BCUT2D eigenvalue weighted by Gasteiger charge is 2.17. The fourth-order valence-electron chi connectivity index (χ4n) is 1.61. The first-order valence-electron chi connectivity index (χ1n) is 5.78. The molecule has 0 fully saturated rings. The minimum absolute atomic E-state index is 0.100. The number of amides is 1. The van der Waals surface area contributed by atoms with E-state index in [1.165, 1.54) is 16.8 Å². The maximum Gasteiger partial charge on any atom is 0.248 e. The summed E-state index contributed by atoms with van der Waals surface area (Å²) in [5.74, 6) is -0.131. The number of phenolic OH excluding ortho intramolecular Hbond substituents is 1. The van der Waals surface area contributed by atoms with Crippen LogP contribution in [0.25, 0.3) is 0 Å². The van der Waals surface area contributed by atoms with Crippen LogP contribution < -0.4 is 5.32 Å². The second-order valence-corrected chi connectivity index (χ2v) is 4.67. The van der Waals surface area contributed by atoms with Crippen molar-refractivity contribution < 1.29 is 9.90 Å². The summed E-state index contributed by atoms with van der Waals surface area (Å²) in [6.07, 6.45) is 1.61. The van der Waals surface area contributed by atoms with E-state index < -0.39 is 6.04 Å². The van der Waals surface area contributed by atoms with Crippen molar-refractivity contribution in [2.24, 2.45) is 0 Å². The predicted octanol–water partition coefficient (Wildman–Crippen LogP) is 2.75. The average Bonchev–Trinajstić information content (AvgIpc) is 2.68. The quantitative estimate of drug-likeness (QED) is 0.908. The third-order valence-corrected chi connectivity index (χ3v) is 3.12. The molecule has 100 valence electrons. The third kappa shape index (κ3) is 3.06. The second kappa shape index (κ2) is 5.32. The van der Waals surface area contributed by atoms with Crippen LogP contribution in [-0.2, 0) is 4.79 Å². The van der Waals surface area contributed by atoms with Gasteiger partial charge in [0.1, 0.15) is 11.8 Å². The molecule has 2 rings (SSSR count). The summed E-state index contributed by atoms with van der Waals surface area (Å²) in [4.78, 5) is 12.0. The Bertz CT molecular complexity index is 590. The molecule has 19 heavy (non-hydrogen) atoms. The number of hydrogen-bond donors (Lipinski definition) is 2. The molecule has 0 aliphatic carbocycles. The van der Waals surface area contributed by atoms with Crippen molar-refractivity contribution in [1.29, 1.82) is 0 Å². The Labute approximate surface area is 115 Å². The number of benzene rings is 1. The summed E-state index contributed by atoms with van der Waals surface area (Å²) >= 11 is 5.91. The molecule has 1 heterocycles. The normalized spacial score (nSPS) is 12.2. The maximum atomic E-state index is 12.0. The Morgan fingerprint density at radius 1 is 1.53 bits per heavy atom. The lowest BCUT2D eigenvalue weighted by atomic mass is 10.2. The van der Waals surface area contributed by atoms with Gasteiger partial charge in [-0.15, -0.1) is 0 Å². The van der Waals surface area contributed by atoms with Crippen molar-refractivity contribution >= 4 is 23.2 Å². The highest BCUT2D eigenvalue weighted by molar-refractivity contribution is 6.31. The minimum atomic E-state index is -0.492. The van der Waals surface area contributed by atoms with Gasteiger partial charge in [0, 0.05) is 18.0 Å². The summed E-state index contributed by atoms with van der Waals surface area (Å²) < 4.78 is 1.51. The highest BCUT2D eigenvalue weighted by atomic mass is 35.5. The SMILES string of the molecule is Cc1nn(C(C)C(=O)Nc2cccc(O)c2)cc1Cl. The molecule has 0 saturated carbocycles. The molecule has 6 heteroatoms. The smallest absolute Gasteiger partial charge is 0.248 e. The number of halogens is 1. The van der Waals surface area contributed by atoms with E-state index >= 15 is 0 Å².